The van der Waals surface area contributed by atoms with E-state index in [0.29, 0.717) is 21.4 Å². The van der Waals surface area contributed by atoms with Crippen LogP contribution in [0.15, 0.2) is 41.3 Å². The number of aromatic nitrogens is 3. The number of rotatable bonds is 5. The Hall–Kier alpha value is -3.21. The van der Waals surface area contributed by atoms with Gasteiger partial charge in [0.2, 0.25) is 10.0 Å². The van der Waals surface area contributed by atoms with Gasteiger partial charge in [-0.3, -0.25) is 0 Å². The lowest BCUT2D eigenvalue weighted by atomic mass is 10.1. The number of aromatic amines is 1. The highest BCUT2D eigenvalue weighted by atomic mass is 35.5. The molecule has 0 bridgehead atoms. The summed E-state index contributed by atoms with van der Waals surface area (Å²) in [5.74, 6) is -0.965. The zero-order valence-corrected chi connectivity index (χ0v) is 18.2. The normalized spacial score (nSPS) is 12.0. The van der Waals surface area contributed by atoms with Gasteiger partial charge in [-0.2, -0.15) is 0 Å². The van der Waals surface area contributed by atoms with Crippen molar-refractivity contribution >= 4 is 49.5 Å². The number of H-pyrrole nitrogens is 1. The average molecular weight is 461 g/mol. The maximum absolute atomic E-state index is 12.7. The summed E-state index contributed by atoms with van der Waals surface area (Å²) in [6, 6.07) is 9.38. The van der Waals surface area contributed by atoms with E-state index < -0.39 is 16.0 Å². The van der Waals surface area contributed by atoms with Crippen molar-refractivity contribution in [3.05, 3.63) is 47.0 Å². The average Bonchev–Trinajstić information content (AvgIpc) is 3.15. The van der Waals surface area contributed by atoms with Crippen molar-refractivity contribution in [3.8, 4) is 17.3 Å². The second kappa shape index (κ2) is 7.49. The van der Waals surface area contributed by atoms with E-state index in [0.717, 1.165) is 4.31 Å². The Kier molecular flexibility index (Phi) is 5.08. The third kappa shape index (κ3) is 3.48. The van der Waals surface area contributed by atoms with Crippen LogP contribution in [-0.4, -0.2) is 60.0 Å². The molecule has 0 saturated heterocycles. The minimum atomic E-state index is -3.79. The van der Waals surface area contributed by atoms with Gasteiger partial charge in [-0.1, -0.05) is 11.6 Å². The Morgan fingerprint density at radius 1 is 1.16 bits per heavy atom. The third-order valence-corrected chi connectivity index (χ3v) is 6.84. The van der Waals surface area contributed by atoms with E-state index in [1.165, 1.54) is 33.3 Å². The highest BCUT2D eigenvalue weighted by molar-refractivity contribution is 7.89. The first-order valence-electron chi connectivity index (χ1n) is 8.96. The van der Waals surface area contributed by atoms with Crippen molar-refractivity contribution in [1.29, 1.82) is 0 Å². The lowest BCUT2D eigenvalue weighted by Gasteiger charge is -2.14. The minimum absolute atomic E-state index is 0.0508. The van der Waals surface area contributed by atoms with E-state index in [1.54, 1.807) is 24.3 Å². The summed E-state index contributed by atoms with van der Waals surface area (Å²) in [6.07, 6.45) is 0. The number of ether oxygens (including phenoxy) is 1. The van der Waals surface area contributed by atoms with Crippen LogP contribution >= 0.6 is 11.6 Å². The summed E-state index contributed by atoms with van der Waals surface area (Å²) in [5, 5.41) is 10.7. The highest BCUT2D eigenvalue weighted by Crippen LogP contribution is 2.35. The molecule has 0 amide bonds. The van der Waals surface area contributed by atoms with Gasteiger partial charge in [-0.15, -0.1) is 0 Å². The number of halogens is 1. The molecule has 0 atom stereocenters. The standard InChI is InChI=1S/C20H17ClN4O5S/c1-25(2)31(28,29)15-7-6-14-17(18(15)30-3)24-19(23-14)16-12(20(26)27)9-10-8-11(21)4-5-13(10)22-16/h4-9H,1-3H3,(H,23,24)(H,26,27). The fraction of sp³-hybridized carbons (Fsp3) is 0.150. The molecule has 0 unspecified atom stereocenters. The number of aromatic carboxylic acids is 1. The maximum atomic E-state index is 12.7. The fourth-order valence-corrected chi connectivity index (χ4v) is 4.46. The number of carboxylic acids is 1. The zero-order valence-electron chi connectivity index (χ0n) is 16.7. The lowest BCUT2D eigenvalue weighted by Crippen LogP contribution is -2.22. The molecule has 0 aliphatic carbocycles. The number of nitrogens with one attached hydrogen (secondary N) is 1. The zero-order chi connectivity index (χ0) is 22.5. The van der Waals surface area contributed by atoms with E-state index in [4.69, 9.17) is 16.3 Å². The van der Waals surface area contributed by atoms with Crippen molar-refractivity contribution in [2.24, 2.45) is 0 Å². The molecule has 0 spiro atoms. The van der Waals surface area contributed by atoms with E-state index in [1.807, 2.05) is 0 Å². The molecule has 9 nitrogen and oxygen atoms in total. The molecule has 2 heterocycles. The van der Waals surface area contributed by atoms with Crippen molar-refractivity contribution in [2.75, 3.05) is 21.2 Å². The molecule has 0 aliphatic rings. The third-order valence-electron chi connectivity index (χ3n) is 4.77. The molecular formula is C20H17ClN4O5S. The van der Waals surface area contributed by atoms with Gasteiger partial charge < -0.3 is 14.8 Å². The Bertz CT molecular complexity index is 1460. The fourth-order valence-electron chi connectivity index (χ4n) is 3.23. The summed E-state index contributed by atoms with van der Waals surface area (Å²) < 4.78 is 31.8. The number of carboxylic acid groups (broad SMARTS) is 1. The predicted molar refractivity (Wildman–Crippen MR) is 116 cm³/mol. The molecule has 160 valence electrons. The molecule has 0 aliphatic heterocycles. The molecule has 11 heteroatoms. The topological polar surface area (TPSA) is 125 Å². The van der Waals surface area contributed by atoms with Gasteiger partial charge in [0.1, 0.15) is 16.1 Å². The number of benzene rings is 2. The minimum Gasteiger partial charge on any atom is -0.493 e. The Labute approximate surface area is 182 Å². The van der Waals surface area contributed by atoms with Gasteiger partial charge in [0, 0.05) is 24.5 Å². The molecular weight excluding hydrogens is 444 g/mol. The van der Waals surface area contributed by atoms with Crippen LogP contribution in [-0.2, 0) is 10.0 Å². The summed E-state index contributed by atoms with van der Waals surface area (Å²) >= 11 is 6.01. The smallest absolute Gasteiger partial charge is 0.338 e. The number of pyridine rings is 1. The lowest BCUT2D eigenvalue weighted by molar-refractivity contribution is 0.0697. The van der Waals surface area contributed by atoms with Gasteiger partial charge in [0.25, 0.3) is 0 Å². The number of fused-ring (bicyclic) bond motifs is 2. The quantitative estimate of drug-likeness (QED) is 0.467. The van der Waals surface area contributed by atoms with E-state index in [-0.39, 0.29) is 33.2 Å². The number of imidazole rings is 1. The van der Waals surface area contributed by atoms with Crippen LogP contribution in [0.25, 0.3) is 33.5 Å². The summed E-state index contributed by atoms with van der Waals surface area (Å²) in [7, 11) is 0.389. The molecule has 2 aromatic carbocycles. The Balaban J connectivity index is 1.99. The first kappa shape index (κ1) is 21.0. The van der Waals surface area contributed by atoms with Gasteiger partial charge in [-0.05, 0) is 36.4 Å². The summed E-state index contributed by atoms with van der Waals surface area (Å²) in [6.45, 7) is 0. The van der Waals surface area contributed by atoms with Crippen LogP contribution in [0, 0.1) is 0 Å². The van der Waals surface area contributed by atoms with Crippen molar-refractivity contribution in [3.63, 3.8) is 0 Å². The van der Waals surface area contributed by atoms with Crippen molar-refractivity contribution < 1.29 is 23.1 Å². The first-order valence-corrected chi connectivity index (χ1v) is 10.8. The second-order valence-electron chi connectivity index (χ2n) is 6.89. The van der Waals surface area contributed by atoms with E-state index in [2.05, 4.69) is 15.0 Å². The number of hydrogen-bond donors (Lipinski definition) is 2. The Morgan fingerprint density at radius 2 is 1.90 bits per heavy atom. The van der Waals surface area contributed by atoms with Crippen molar-refractivity contribution in [1.82, 2.24) is 19.3 Å². The number of hydrogen-bond acceptors (Lipinski definition) is 6. The molecule has 0 radical (unpaired) electrons. The molecule has 2 N–H and O–H groups in total. The largest absolute Gasteiger partial charge is 0.493 e. The summed E-state index contributed by atoms with van der Waals surface area (Å²) in [5.41, 5.74) is 1.29. The van der Waals surface area contributed by atoms with Gasteiger partial charge in [-0.25, -0.2) is 27.5 Å². The number of carbonyl (C=O) groups is 1. The van der Waals surface area contributed by atoms with Gasteiger partial charge >= 0.3 is 5.97 Å². The number of methoxy groups -OCH3 is 1. The number of sulfonamides is 1. The number of nitrogens with zero attached hydrogens (tertiary/aromatic N) is 3. The van der Waals surface area contributed by atoms with Crippen LogP contribution in [0.5, 0.6) is 5.75 Å². The Morgan fingerprint density at radius 3 is 2.55 bits per heavy atom. The highest BCUT2D eigenvalue weighted by Gasteiger charge is 2.26. The monoisotopic (exact) mass is 460 g/mol. The van der Waals surface area contributed by atoms with E-state index >= 15 is 0 Å². The molecule has 31 heavy (non-hydrogen) atoms. The second-order valence-corrected chi connectivity index (χ2v) is 9.45. The molecule has 4 aromatic rings. The van der Waals surface area contributed by atoms with Crippen LogP contribution < -0.4 is 4.74 Å². The van der Waals surface area contributed by atoms with Crippen LogP contribution in [0.1, 0.15) is 10.4 Å². The SMILES string of the molecule is COc1c(S(=O)(=O)N(C)C)ccc2[nH]c(-c3nc4ccc(Cl)cc4cc3C(=O)O)nc12. The van der Waals surface area contributed by atoms with Gasteiger partial charge in [0.15, 0.2) is 11.6 Å². The molecule has 0 fully saturated rings. The predicted octanol–water partition coefficient (Wildman–Crippen LogP) is 3.39. The first-order chi connectivity index (χ1) is 14.6. The van der Waals surface area contributed by atoms with Crippen LogP contribution in [0.2, 0.25) is 5.02 Å². The molecule has 2 aromatic heterocycles. The summed E-state index contributed by atoms with van der Waals surface area (Å²) in [4.78, 5) is 23.8. The van der Waals surface area contributed by atoms with Gasteiger partial charge in [0.05, 0.1) is 23.7 Å². The van der Waals surface area contributed by atoms with E-state index in [9.17, 15) is 18.3 Å². The van der Waals surface area contributed by atoms with Crippen molar-refractivity contribution in [2.45, 2.75) is 4.90 Å². The molecule has 4 rings (SSSR count). The molecule has 0 saturated carbocycles. The maximum Gasteiger partial charge on any atom is 0.338 e. The van der Waals surface area contributed by atoms with Crippen LogP contribution in [0.3, 0.4) is 0 Å². The van der Waals surface area contributed by atoms with Crippen LogP contribution in [0.4, 0.5) is 0 Å².